The molecular weight excluding hydrogens is 334 g/mol. The van der Waals surface area contributed by atoms with E-state index in [9.17, 15) is 4.79 Å². The van der Waals surface area contributed by atoms with Crippen molar-refractivity contribution in [1.29, 1.82) is 0 Å². The van der Waals surface area contributed by atoms with E-state index < -0.39 is 0 Å². The van der Waals surface area contributed by atoms with Crippen LogP contribution in [0.25, 0.3) is 11.3 Å². The largest absolute Gasteiger partial charge is 0.440 e. The topological polar surface area (TPSA) is 67.2 Å². The number of thioether (sulfide) groups is 1. The van der Waals surface area contributed by atoms with Crippen LogP contribution >= 0.6 is 23.4 Å². The Bertz CT molecular complexity index is 631. The molecular formula is C16H20ClN3O2S. The maximum atomic E-state index is 11.9. The lowest BCUT2D eigenvalue weighted by molar-refractivity contribution is -0.120. The molecule has 0 spiro atoms. The summed E-state index contributed by atoms with van der Waals surface area (Å²) in [7, 11) is 1.85. The predicted molar refractivity (Wildman–Crippen MR) is 94.6 cm³/mol. The zero-order valence-corrected chi connectivity index (χ0v) is 14.7. The molecule has 23 heavy (non-hydrogen) atoms. The zero-order valence-electron chi connectivity index (χ0n) is 13.1. The van der Waals surface area contributed by atoms with E-state index in [1.807, 2.05) is 38.2 Å². The summed E-state index contributed by atoms with van der Waals surface area (Å²) >= 11 is 7.37. The van der Waals surface area contributed by atoms with Gasteiger partial charge >= 0.3 is 0 Å². The molecule has 1 amide bonds. The highest BCUT2D eigenvalue weighted by Gasteiger charge is 2.14. The Balaban J connectivity index is 1.84. The number of hydrogen-bond acceptors (Lipinski definition) is 5. The Morgan fingerprint density at radius 1 is 1.35 bits per heavy atom. The molecule has 2 aromatic rings. The van der Waals surface area contributed by atoms with Crippen molar-refractivity contribution < 1.29 is 9.21 Å². The van der Waals surface area contributed by atoms with Crippen molar-refractivity contribution in [3.05, 3.63) is 41.4 Å². The van der Waals surface area contributed by atoms with Crippen LogP contribution in [0.5, 0.6) is 0 Å². The van der Waals surface area contributed by atoms with Crippen LogP contribution < -0.4 is 10.6 Å². The lowest BCUT2D eigenvalue weighted by Gasteiger charge is -2.10. The summed E-state index contributed by atoms with van der Waals surface area (Å²) in [4.78, 5) is 16.1. The molecule has 2 rings (SSSR count). The van der Waals surface area contributed by atoms with Crippen molar-refractivity contribution in [3.8, 4) is 11.3 Å². The Morgan fingerprint density at radius 3 is 2.78 bits per heavy atom. The van der Waals surface area contributed by atoms with E-state index in [0.29, 0.717) is 29.0 Å². The number of hydrogen-bond donors (Lipinski definition) is 2. The third-order valence-corrected chi connectivity index (χ3v) is 4.56. The number of halogens is 1. The summed E-state index contributed by atoms with van der Waals surface area (Å²) < 4.78 is 5.72. The molecule has 7 heteroatoms. The lowest BCUT2D eigenvalue weighted by atomic mass is 10.2. The molecule has 0 radical (unpaired) electrons. The molecule has 2 N–H and O–H groups in total. The van der Waals surface area contributed by atoms with Gasteiger partial charge in [-0.15, -0.1) is 11.8 Å². The lowest BCUT2D eigenvalue weighted by Crippen LogP contribution is -2.35. The molecule has 124 valence electrons. The minimum Gasteiger partial charge on any atom is -0.440 e. The van der Waals surface area contributed by atoms with E-state index >= 15 is 0 Å². The first kappa shape index (κ1) is 17.8. The highest BCUT2D eigenvalue weighted by molar-refractivity contribution is 7.99. The number of benzene rings is 1. The minimum atomic E-state index is -0.155. The summed E-state index contributed by atoms with van der Waals surface area (Å²) in [6.45, 7) is 3.26. The Kier molecular flexibility index (Phi) is 6.95. The quantitative estimate of drug-likeness (QED) is 0.714. The standard InChI is InChI=1S/C16H20ClN3O2S/c1-11(16(21)19-8-7-18-2)23-10-15-20-9-14(22-15)12-3-5-13(17)6-4-12/h3-6,9,11,18H,7-8,10H2,1-2H3,(H,19,21). The number of carbonyl (C=O) groups is 1. The fourth-order valence-corrected chi connectivity index (χ4v) is 2.74. The van der Waals surface area contributed by atoms with Gasteiger partial charge in [-0.1, -0.05) is 11.6 Å². The van der Waals surface area contributed by atoms with E-state index in [2.05, 4.69) is 15.6 Å². The average molecular weight is 354 g/mol. The molecule has 5 nitrogen and oxygen atoms in total. The van der Waals surface area contributed by atoms with Crippen LogP contribution in [0.1, 0.15) is 12.8 Å². The van der Waals surface area contributed by atoms with Crippen LogP contribution in [0.2, 0.25) is 5.02 Å². The summed E-state index contributed by atoms with van der Waals surface area (Å²) in [6.07, 6.45) is 1.69. The van der Waals surface area contributed by atoms with Crippen LogP contribution in [0.4, 0.5) is 0 Å². The van der Waals surface area contributed by atoms with Crippen LogP contribution in [-0.4, -0.2) is 36.3 Å². The average Bonchev–Trinajstić information content (AvgIpc) is 3.02. The first-order chi connectivity index (χ1) is 11.1. The molecule has 0 saturated carbocycles. The molecule has 0 fully saturated rings. The third-order valence-electron chi connectivity index (χ3n) is 3.18. The number of likely N-dealkylation sites (N-methyl/N-ethyl adjacent to an activating group) is 1. The summed E-state index contributed by atoms with van der Waals surface area (Å²) in [5.41, 5.74) is 0.927. The summed E-state index contributed by atoms with van der Waals surface area (Å²) in [6, 6.07) is 7.39. The number of rotatable bonds is 8. The fourth-order valence-electron chi connectivity index (χ4n) is 1.85. The molecule has 0 saturated heterocycles. The van der Waals surface area contributed by atoms with Gasteiger partial charge in [-0.25, -0.2) is 4.98 Å². The summed E-state index contributed by atoms with van der Waals surface area (Å²) in [5, 5.41) is 6.38. The highest BCUT2D eigenvalue weighted by atomic mass is 35.5. The van der Waals surface area contributed by atoms with Gasteiger partial charge in [0.05, 0.1) is 17.2 Å². The van der Waals surface area contributed by atoms with Crippen molar-refractivity contribution in [2.45, 2.75) is 17.9 Å². The van der Waals surface area contributed by atoms with E-state index in [4.69, 9.17) is 16.0 Å². The Labute approximate surface area is 145 Å². The minimum absolute atomic E-state index is 0.0229. The van der Waals surface area contributed by atoms with Crippen LogP contribution in [-0.2, 0) is 10.5 Å². The van der Waals surface area contributed by atoms with Gasteiger partial charge < -0.3 is 15.1 Å². The van der Waals surface area contributed by atoms with Crippen molar-refractivity contribution in [3.63, 3.8) is 0 Å². The van der Waals surface area contributed by atoms with Gasteiger partial charge in [0.25, 0.3) is 0 Å². The molecule has 1 unspecified atom stereocenters. The maximum absolute atomic E-state index is 11.9. The molecule has 1 atom stereocenters. The molecule has 1 heterocycles. The van der Waals surface area contributed by atoms with Crippen molar-refractivity contribution >= 4 is 29.3 Å². The fraction of sp³-hybridized carbons (Fsp3) is 0.375. The third kappa shape index (κ3) is 5.57. The molecule has 0 aliphatic carbocycles. The van der Waals surface area contributed by atoms with Gasteiger partial charge in [0.15, 0.2) is 5.76 Å². The maximum Gasteiger partial charge on any atom is 0.232 e. The van der Waals surface area contributed by atoms with E-state index in [0.717, 1.165) is 12.1 Å². The number of carbonyl (C=O) groups excluding carboxylic acids is 1. The Hall–Kier alpha value is -1.50. The van der Waals surface area contributed by atoms with Crippen LogP contribution in [0, 0.1) is 0 Å². The number of aromatic nitrogens is 1. The van der Waals surface area contributed by atoms with Crippen molar-refractivity contribution in [2.24, 2.45) is 0 Å². The van der Waals surface area contributed by atoms with Gasteiger partial charge in [-0.2, -0.15) is 0 Å². The number of amides is 1. The summed E-state index contributed by atoms with van der Waals surface area (Å²) in [5.74, 6) is 1.88. The Morgan fingerprint density at radius 2 is 2.09 bits per heavy atom. The second-order valence-corrected chi connectivity index (χ2v) is 6.74. The van der Waals surface area contributed by atoms with Gasteiger partial charge in [-0.3, -0.25) is 4.79 Å². The predicted octanol–water partition coefficient (Wildman–Crippen LogP) is 2.95. The zero-order chi connectivity index (χ0) is 16.7. The molecule has 0 bridgehead atoms. The molecule has 0 aliphatic rings. The first-order valence-corrected chi connectivity index (χ1v) is 8.77. The van der Waals surface area contributed by atoms with Crippen LogP contribution in [0.15, 0.2) is 34.9 Å². The van der Waals surface area contributed by atoms with Crippen molar-refractivity contribution in [1.82, 2.24) is 15.6 Å². The highest BCUT2D eigenvalue weighted by Crippen LogP contribution is 2.24. The molecule has 1 aromatic heterocycles. The second-order valence-electron chi connectivity index (χ2n) is 4.97. The van der Waals surface area contributed by atoms with E-state index in [1.165, 1.54) is 11.8 Å². The van der Waals surface area contributed by atoms with E-state index in [1.54, 1.807) is 6.20 Å². The SMILES string of the molecule is CNCCNC(=O)C(C)SCc1ncc(-c2ccc(Cl)cc2)o1. The number of oxazole rings is 1. The second kappa shape index (κ2) is 8.96. The van der Waals surface area contributed by atoms with Gasteiger partial charge in [-0.05, 0) is 38.2 Å². The molecule has 1 aromatic carbocycles. The number of nitrogens with zero attached hydrogens (tertiary/aromatic N) is 1. The van der Waals surface area contributed by atoms with E-state index in [-0.39, 0.29) is 11.2 Å². The van der Waals surface area contributed by atoms with Gasteiger partial charge in [0.2, 0.25) is 11.8 Å². The number of nitrogens with one attached hydrogen (secondary N) is 2. The monoisotopic (exact) mass is 353 g/mol. The first-order valence-electron chi connectivity index (χ1n) is 7.34. The van der Waals surface area contributed by atoms with Crippen LogP contribution in [0.3, 0.4) is 0 Å². The molecule has 0 aliphatic heterocycles. The van der Waals surface area contributed by atoms with Gasteiger partial charge in [0.1, 0.15) is 0 Å². The smallest absolute Gasteiger partial charge is 0.232 e. The van der Waals surface area contributed by atoms with Gasteiger partial charge in [0, 0.05) is 23.7 Å². The normalized spacial score (nSPS) is 12.1. The van der Waals surface area contributed by atoms with Crippen molar-refractivity contribution in [2.75, 3.05) is 20.1 Å².